The lowest BCUT2D eigenvalue weighted by molar-refractivity contribution is 1.66. The van der Waals surface area contributed by atoms with E-state index in [-0.39, 0.29) is 0 Å². The van der Waals surface area contributed by atoms with Crippen LogP contribution in [0.2, 0.25) is 0 Å². The number of benzene rings is 3. The van der Waals surface area contributed by atoms with E-state index in [1.54, 1.807) is 0 Å². The predicted octanol–water partition coefficient (Wildman–Crippen LogP) is 5.37. The van der Waals surface area contributed by atoms with Crippen LogP contribution in [-0.2, 0) is 0 Å². The predicted molar refractivity (Wildman–Crippen MR) is 87.3 cm³/mol. The Balaban J connectivity index is 1.83. The molecule has 0 spiro atoms. The first-order chi connectivity index (χ1) is 9.93. The number of hydrogen-bond acceptors (Lipinski definition) is 0. The van der Waals surface area contributed by atoms with Crippen molar-refractivity contribution in [3.63, 3.8) is 0 Å². The summed E-state index contributed by atoms with van der Waals surface area (Å²) in [6.07, 6.45) is 8.39. The SMILES string of the molecule is [c]1ccc(/C=C/C=C/c2ccccc2)c2ccccc12. The second-order valence-corrected chi connectivity index (χ2v) is 4.61. The quantitative estimate of drug-likeness (QED) is 0.552. The number of rotatable bonds is 3. The first kappa shape index (κ1) is 12.4. The Morgan fingerprint density at radius 1 is 0.700 bits per heavy atom. The van der Waals surface area contributed by atoms with Gasteiger partial charge in [-0.1, -0.05) is 91.0 Å². The molecule has 0 aliphatic heterocycles. The molecule has 3 rings (SSSR count). The largest absolute Gasteiger partial charge is 0.0622 e. The fraction of sp³-hybridized carbons (Fsp3) is 0. The number of hydrogen-bond donors (Lipinski definition) is 0. The lowest BCUT2D eigenvalue weighted by atomic mass is 10.0. The molecule has 0 heteroatoms. The molecule has 0 unspecified atom stereocenters. The van der Waals surface area contributed by atoms with Gasteiger partial charge in [0.25, 0.3) is 0 Å². The van der Waals surface area contributed by atoms with Crippen molar-refractivity contribution < 1.29 is 0 Å². The van der Waals surface area contributed by atoms with Crippen LogP contribution in [0.3, 0.4) is 0 Å². The fourth-order valence-corrected chi connectivity index (χ4v) is 2.21. The third-order valence-corrected chi connectivity index (χ3v) is 3.21. The molecule has 3 aromatic carbocycles. The van der Waals surface area contributed by atoms with Crippen molar-refractivity contribution >= 4 is 22.9 Å². The Morgan fingerprint density at radius 3 is 2.35 bits per heavy atom. The van der Waals surface area contributed by atoms with Crippen LogP contribution in [-0.4, -0.2) is 0 Å². The van der Waals surface area contributed by atoms with Crippen LogP contribution in [0, 0.1) is 6.07 Å². The van der Waals surface area contributed by atoms with Gasteiger partial charge in [0.2, 0.25) is 0 Å². The van der Waals surface area contributed by atoms with Gasteiger partial charge in [-0.15, -0.1) is 0 Å². The van der Waals surface area contributed by atoms with E-state index in [0.717, 1.165) is 5.39 Å². The van der Waals surface area contributed by atoms with E-state index in [2.05, 4.69) is 66.8 Å². The van der Waals surface area contributed by atoms with Crippen LogP contribution in [0.4, 0.5) is 0 Å². The van der Waals surface area contributed by atoms with Crippen LogP contribution in [0.25, 0.3) is 22.9 Å². The second kappa shape index (κ2) is 6.03. The highest BCUT2D eigenvalue weighted by Gasteiger charge is 1.95. The molecule has 0 fully saturated rings. The van der Waals surface area contributed by atoms with Crippen LogP contribution in [0.15, 0.2) is 78.9 Å². The summed E-state index contributed by atoms with van der Waals surface area (Å²) in [5.41, 5.74) is 2.43. The van der Waals surface area contributed by atoms with E-state index in [4.69, 9.17) is 0 Å². The Kier molecular flexibility index (Phi) is 3.75. The van der Waals surface area contributed by atoms with Crippen molar-refractivity contribution in [3.8, 4) is 0 Å². The van der Waals surface area contributed by atoms with Gasteiger partial charge >= 0.3 is 0 Å². The fourth-order valence-electron chi connectivity index (χ4n) is 2.21. The molecule has 95 valence electrons. The zero-order valence-electron chi connectivity index (χ0n) is 11.2. The zero-order valence-corrected chi connectivity index (χ0v) is 11.2. The third kappa shape index (κ3) is 2.86. The van der Waals surface area contributed by atoms with Gasteiger partial charge in [0.15, 0.2) is 0 Å². The van der Waals surface area contributed by atoms with Gasteiger partial charge in [-0.2, -0.15) is 0 Å². The van der Waals surface area contributed by atoms with E-state index >= 15 is 0 Å². The van der Waals surface area contributed by atoms with Gasteiger partial charge in [-0.05, 0) is 28.0 Å². The normalized spacial score (nSPS) is 11.6. The molecule has 0 amide bonds. The van der Waals surface area contributed by atoms with Gasteiger partial charge in [0.05, 0.1) is 0 Å². The molecule has 0 nitrogen and oxygen atoms in total. The van der Waals surface area contributed by atoms with Crippen molar-refractivity contribution in [3.05, 3.63) is 96.1 Å². The second-order valence-electron chi connectivity index (χ2n) is 4.61. The number of fused-ring (bicyclic) bond motifs is 1. The molecule has 0 heterocycles. The summed E-state index contributed by atoms with van der Waals surface area (Å²) in [5.74, 6) is 0. The van der Waals surface area contributed by atoms with Crippen LogP contribution in [0.5, 0.6) is 0 Å². The summed E-state index contributed by atoms with van der Waals surface area (Å²) in [7, 11) is 0. The maximum Gasteiger partial charge on any atom is -0.00987 e. The molecule has 1 radical (unpaired) electrons. The third-order valence-electron chi connectivity index (χ3n) is 3.21. The van der Waals surface area contributed by atoms with Gasteiger partial charge in [0.1, 0.15) is 0 Å². The van der Waals surface area contributed by atoms with E-state index in [1.165, 1.54) is 16.5 Å². The lowest BCUT2D eigenvalue weighted by Crippen LogP contribution is -1.77. The molecule has 3 aromatic rings. The monoisotopic (exact) mass is 255 g/mol. The molecule has 20 heavy (non-hydrogen) atoms. The highest BCUT2D eigenvalue weighted by molar-refractivity contribution is 5.90. The summed E-state index contributed by atoms with van der Waals surface area (Å²) in [4.78, 5) is 0. The Bertz CT molecular complexity index is 744. The van der Waals surface area contributed by atoms with Crippen molar-refractivity contribution in [2.75, 3.05) is 0 Å². The van der Waals surface area contributed by atoms with Crippen LogP contribution in [0.1, 0.15) is 11.1 Å². The van der Waals surface area contributed by atoms with Crippen molar-refractivity contribution in [2.24, 2.45) is 0 Å². The first-order valence-electron chi connectivity index (χ1n) is 6.73. The van der Waals surface area contributed by atoms with E-state index in [0.29, 0.717) is 0 Å². The molecular weight excluding hydrogens is 240 g/mol. The molecule has 0 saturated heterocycles. The highest BCUT2D eigenvalue weighted by Crippen LogP contribution is 2.19. The molecule has 0 N–H and O–H groups in total. The minimum absolute atomic E-state index is 1.15. The highest BCUT2D eigenvalue weighted by atomic mass is 14.0. The Labute approximate surface area is 119 Å². The zero-order chi connectivity index (χ0) is 13.6. The molecule has 0 bridgehead atoms. The van der Waals surface area contributed by atoms with E-state index in [1.807, 2.05) is 30.3 Å². The van der Waals surface area contributed by atoms with Gasteiger partial charge < -0.3 is 0 Å². The van der Waals surface area contributed by atoms with Gasteiger partial charge in [-0.3, -0.25) is 0 Å². The van der Waals surface area contributed by atoms with Crippen molar-refractivity contribution in [2.45, 2.75) is 0 Å². The van der Waals surface area contributed by atoms with Crippen molar-refractivity contribution in [1.82, 2.24) is 0 Å². The van der Waals surface area contributed by atoms with E-state index in [9.17, 15) is 0 Å². The summed E-state index contributed by atoms with van der Waals surface area (Å²) in [6.45, 7) is 0. The summed E-state index contributed by atoms with van der Waals surface area (Å²) in [5, 5.41) is 2.39. The maximum absolute atomic E-state index is 3.26. The van der Waals surface area contributed by atoms with Crippen LogP contribution < -0.4 is 0 Å². The standard InChI is InChI=1S/C20H15/c1-2-9-17(10-3-1)11-4-5-12-18-14-8-15-19-13-6-7-16-20(18)19/h1-14,16H/b11-4+,12-5+. The Morgan fingerprint density at radius 2 is 1.45 bits per heavy atom. The molecule has 0 aromatic heterocycles. The lowest BCUT2D eigenvalue weighted by Gasteiger charge is -2.00. The minimum atomic E-state index is 1.15. The smallest absolute Gasteiger partial charge is 0.00987 e. The minimum Gasteiger partial charge on any atom is -0.0622 e. The first-order valence-corrected chi connectivity index (χ1v) is 6.73. The topological polar surface area (TPSA) is 0 Å². The molecule has 0 aliphatic carbocycles. The average molecular weight is 255 g/mol. The molecule has 0 aliphatic rings. The summed E-state index contributed by atoms with van der Waals surface area (Å²) < 4.78 is 0. The van der Waals surface area contributed by atoms with Crippen LogP contribution >= 0.6 is 0 Å². The van der Waals surface area contributed by atoms with Gasteiger partial charge in [-0.25, -0.2) is 0 Å². The number of allylic oxidation sites excluding steroid dienone is 2. The maximum atomic E-state index is 3.26. The average Bonchev–Trinajstić information content (AvgIpc) is 2.53. The Hall–Kier alpha value is -2.60. The molecular formula is C20H15. The van der Waals surface area contributed by atoms with E-state index < -0.39 is 0 Å². The summed E-state index contributed by atoms with van der Waals surface area (Å²) >= 11 is 0. The van der Waals surface area contributed by atoms with Gasteiger partial charge in [0, 0.05) is 0 Å². The van der Waals surface area contributed by atoms with Crippen molar-refractivity contribution in [1.29, 1.82) is 0 Å². The molecule has 0 atom stereocenters. The summed E-state index contributed by atoms with van der Waals surface area (Å²) in [6, 6.07) is 26.0. The molecule has 0 saturated carbocycles.